The summed E-state index contributed by atoms with van der Waals surface area (Å²) >= 11 is 0. The molecular formula is C10H8N5O2+. The van der Waals surface area contributed by atoms with Crippen LogP contribution < -0.4 is 4.52 Å². The van der Waals surface area contributed by atoms with E-state index in [0.29, 0.717) is 5.69 Å². The summed E-state index contributed by atoms with van der Waals surface area (Å²) in [5, 5.41) is 11.9. The quantitative estimate of drug-likeness (QED) is 0.549. The number of nitrogens with one attached hydrogen (secondary N) is 2. The lowest BCUT2D eigenvalue weighted by Gasteiger charge is -1.96. The number of carboxylic acids is 1. The van der Waals surface area contributed by atoms with Crippen molar-refractivity contribution in [1.82, 2.24) is 20.1 Å². The van der Waals surface area contributed by atoms with Crippen LogP contribution in [0.4, 0.5) is 0 Å². The average Bonchev–Trinajstić information content (AvgIpc) is 2.90. The molecule has 3 heterocycles. The molecule has 0 aliphatic rings. The molecule has 0 aliphatic heterocycles. The Morgan fingerprint density at radius 3 is 3.12 bits per heavy atom. The molecule has 3 aromatic rings. The largest absolute Gasteiger partial charge is 0.477 e. The van der Waals surface area contributed by atoms with Gasteiger partial charge < -0.3 is 5.11 Å². The highest BCUT2D eigenvalue weighted by atomic mass is 16.4. The van der Waals surface area contributed by atoms with E-state index in [4.69, 9.17) is 5.11 Å². The molecule has 0 saturated heterocycles. The maximum absolute atomic E-state index is 10.8. The minimum atomic E-state index is -1.07. The summed E-state index contributed by atoms with van der Waals surface area (Å²) in [7, 11) is 0. The van der Waals surface area contributed by atoms with E-state index in [2.05, 4.69) is 20.1 Å². The maximum atomic E-state index is 10.8. The highest BCUT2D eigenvalue weighted by Crippen LogP contribution is 2.18. The van der Waals surface area contributed by atoms with Crippen LogP contribution in [0.3, 0.4) is 0 Å². The van der Waals surface area contributed by atoms with E-state index >= 15 is 0 Å². The summed E-state index contributed by atoms with van der Waals surface area (Å²) < 4.78 is 1.78. The second kappa shape index (κ2) is 3.41. The van der Waals surface area contributed by atoms with Crippen molar-refractivity contribution >= 4 is 11.6 Å². The van der Waals surface area contributed by atoms with Gasteiger partial charge in [-0.05, 0) is 6.07 Å². The predicted molar refractivity (Wildman–Crippen MR) is 56.3 cm³/mol. The number of rotatable bonds is 2. The summed E-state index contributed by atoms with van der Waals surface area (Å²) in [5.74, 6) is -1.07. The molecule has 3 N–H and O–H groups in total. The number of carbonyl (C=O) groups is 1. The lowest BCUT2D eigenvalue weighted by Crippen LogP contribution is -2.18. The van der Waals surface area contributed by atoms with Crippen molar-refractivity contribution in [2.75, 3.05) is 0 Å². The second-order valence-electron chi connectivity index (χ2n) is 3.46. The van der Waals surface area contributed by atoms with Crippen LogP contribution >= 0.6 is 0 Å². The molecule has 3 aromatic heterocycles. The molecule has 0 aliphatic carbocycles. The van der Waals surface area contributed by atoms with E-state index < -0.39 is 5.97 Å². The Morgan fingerprint density at radius 1 is 1.41 bits per heavy atom. The highest BCUT2D eigenvalue weighted by Gasteiger charge is 2.16. The third kappa shape index (κ3) is 1.44. The minimum absolute atomic E-state index is 0.0269. The van der Waals surface area contributed by atoms with Gasteiger partial charge in [0, 0.05) is 0 Å². The Labute approximate surface area is 94.8 Å². The van der Waals surface area contributed by atoms with Crippen LogP contribution in [0, 0.1) is 0 Å². The van der Waals surface area contributed by atoms with Gasteiger partial charge in [0.2, 0.25) is 0 Å². The van der Waals surface area contributed by atoms with Gasteiger partial charge in [0.15, 0.2) is 11.9 Å². The lowest BCUT2D eigenvalue weighted by atomic mass is 10.2. The van der Waals surface area contributed by atoms with Crippen molar-refractivity contribution in [2.24, 2.45) is 0 Å². The SMILES string of the molecule is O=C(O)c1cc(-c2c[nH][n+]3cc[nH]c23)ncn1. The third-order valence-electron chi connectivity index (χ3n) is 2.45. The van der Waals surface area contributed by atoms with Crippen LogP contribution in [-0.2, 0) is 0 Å². The Kier molecular flexibility index (Phi) is 1.91. The van der Waals surface area contributed by atoms with Gasteiger partial charge in [-0.15, -0.1) is 4.52 Å². The van der Waals surface area contributed by atoms with Gasteiger partial charge in [-0.2, -0.15) is 0 Å². The summed E-state index contributed by atoms with van der Waals surface area (Å²) in [6, 6.07) is 1.44. The number of imidazole rings is 1. The first-order chi connectivity index (χ1) is 8.25. The van der Waals surface area contributed by atoms with Gasteiger partial charge in [-0.1, -0.05) is 0 Å². The first-order valence-corrected chi connectivity index (χ1v) is 4.87. The minimum Gasteiger partial charge on any atom is -0.477 e. The first-order valence-electron chi connectivity index (χ1n) is 4.87. The molecule has 0 spiro atoms. The lowest BCUT2D eigenvalue weighted by molar-refractivity contribution is -0.574. The van der Waals surface area contributed by atoms with Gasteiger partial charge in [-0.25, -0.2) is 24.8 Å². The van der Waals surface area contributed by atoms with E-state index in [0.717, 1.165) is 11.2 Å². The second-order valence-corrected chi connectivity index (χ2v) is 3.46. The fourth-order valence-corrected chi connectivity index (χ4v) is 1.67. The zero-order valence-electron chi connectivity index (χ0n) is 8.58. The number of hydrogen-bond acceptors (Lipinski definition) is 3. The molecule has 0 aromatic carbocycles. The number of hydrogen-bond donors (Lipinski definition) is 3. The average molecular weight is 230 g/mol. The predicted octanol–water partition coefficient (Wildman–Crippen LogP) is 0.237. The molecule has 3 rings (SSSR count). The van der Waals surface area contributed by atoms with Gasteiger partial charge in [0.25, 0.3) is 0 Å². The van der Waals surface area contributed by atoms with E-state index in [1.165, 1.54) is 12.4 Å². The van der Waals surface area contributed by atoms with Crippen LogP contribution in [-0.4, -0.2) is 31.1 Å². The third-order valence-corrected chi connectivity index (χ3v) is 2.45. The molecule has 0 bridgehead atoms. The van der Waals surface area contributed by atoms with Gasteiger partial charge in [0.1, 0.15) is 18.1 Å². The molecule has 7 nitrogen and oxygen atoms in total. The molecule has 84 valence electrons. The normalized spacial score (nSPS) is 10.8. The summed E-state index contributed by atoms with van der Waals surface area (Å²) in [6.45, 7) is 0. The summed E-state index contributed by atoms with van der Waals surface area (Å²) in [6.07, 6.45) is 6.58. The fourth-order valence-electron chi connectivity index (χ4n) is 1.67. The standard InChI is InChI=1S/C10H7N5O2/c16-10(17)8-3-7(12-5-13-8)6-4-14-15-2-1-11-9(6)15/h1-5H,(H2,11,12,13,14,16,17)/p+1. The van der Waals surface area contributed by atoms with Gasteiger partial charge in [0.05, 0.1) is 11.9 Å². The fraction of sp³-hybridized carbons (Fsp3) is 0. The number of carboxylic acid groups (broad SMARTS) is 1. The zero-order chi connectivity index (χ0) is 11.8. The molecule has 0 fully saturated rings. The van der Waals surface area contributed by atoms with E-state index in [-0.39, 0.29) is 5.69 Å². The van der Waals surface area contributed by atoms with Crippen LogP contribution in [0.2, 0.25) is 0 Å². The van der Waals surface area contributed by atoms with Crippen LogP contribution in [0.5, 0.6) is 0 Å². The summed E-state index contributed by atoms with van der Waals surface area (Å²) in [5.41, 5.74) is 2.14. The van der Waals surface area contributed by atoms with Crippen molar-refractivity contribution in [3.63, 3.8) is 0 Å². The molecule has 0 saturated carbocycles. The Hall–Kier alpha value is -2.70. The van der Waals surface area contributed by atoms with Crippen molar-refractivity contribution in [1.29, 1.82) is 0 Å². The monoisotopic (exact) mass is 230 g/mol. The first kappa shape index (κ1) is 9.52. The molecule has 0 unspecified atom stereocenters. The van der Waals surface area contributed by atoms with Crippen LogP contribution in [0.15, 0.2) is 31.0 Å². The van der Waals surface area contributed by atoms with Gasteiger partial charge >= 0.3 is 11.6 Å². The molecule has 0 radical (unpaired) electrons. The summed E-state index contributed by atoms with van der Waals surface area (Å²) in [4.78, 5) is 21.6. The molecule has 0 amide bonds. The van der Waals surface area contributed by atoms with E-state index in [1.807, 2.05) is 6.20 Å². The number of aromatic carboxylic acids is 1. The van der Waals surface area contributed by atoms with E-state index in [9.17, 15) is 4.79 Å². The Morgan fingerprint density at radius 2 is 2.29 bits per heavy atom. The zero-order valence-corrected chi connectivity index (χ0v) is 8.58. The topological polar surface area (TPSA) is 98.8 Å². The van der Waals surface area contributed by atoms with Crippen LogP contribution in [0.1, 0.15) is 10.5 Å². The van der Waals surface area contributed by atoms with Crippen molar-refractivity contribution in [3.05, 3.63) is 36.7 Å². The molecular weight excluding hydrogens is 222 g/mol. The van der Waals surface area contributed by atoms with Crippen molar-refractivity contribution in [3.8, 4) is 11.3 Å². The molecule has 17 heavy (non-hydrogen) atoms. The number of fused-ring (bicyclic) bond motifs is 1. The number of H-pyrrole nitrogens is 2. The highest BCUT2D eigenvalue weighted by molar-refractivity contribution is 5.87. The number of aromatic nitrogens is 5. The van der Waals surface area contributed by atoms with Gasteiger partial charge in [-0.3, -0.25) is 0 Å². The Bertz CT molecular complexity index is 699. The number of aromatic amines is 2. The maximum Gasteiger partial charge on any atom is 0.354 e. The van der Waals surface area contributed by atoms with E-state index in [1.54, 1.807) is 16.9 Å². The molecule has 0 atom stereocenters. The number of nitrogens with zero attached hydrogens (tertiary/aromatic N) is 3. The smallest absolute Gasteiger partial charge is 0.354 e. The van der Waals surface area contributed by atoms with Crippen molar-refractivity contribution in [2.45, 2.75) is 0 Å². The van der Waals surface area contributed by atoms with Crippen LogP contribution in [0.25, 0.3) is 16.9 Å². The molecule has 7 heteroatoms. The van der Waals surface area contributed by atoms with Crippen molar-refractivity contribution < 1.29 is 14.4 Å². The Balaban J connectivity index is 2.19.